The normalized spacial score (nSPS) is 9.89. The molecule has 0 heterocycles. The third-order valence-corrected chi connectivity index (χ3v) is 3.06. The van der Waals surface area contributed by atoms with E-state index in [1.54, 1.807) is 0 Å². The summed E-state index contributed by atoms with van der Waals surface area (Å²) in [5, 5.41) is 3.20. The fourth-order valence-corrected chi connectivity index (χ4v) is 1.94. The Balaban J connectivity index is 2.32. The van der Waals surface area contributed by atoms with Crippen LogP contribution in [0.3, 0.4) is 0 Å². The Bertz CT molecular complexity index is 532. The van der Waals surface area contributed by atoms with Crippen LogP contribution in [-0.4, -0.2) is 14.1 Å². The molecule has 2 nitrogen and oxygen atoms in total. The maximum Gasteiger partial charge on any atom is 0.0432 e. The van der Waals surface area contributed by atoms with Gasteiger partial charge in [-0.1, -0.05) is 43.0 Å². The maximum absolute atomic E-state index is 4.20. The van der Waals surface area contributed by atoms with E-state index in [-0.39, 0.29) is 0 Å². The minimum atomic E-state index is 0.978. The molecule has 0 fully saturated rings. The van der Waals surface area contributed by atoms with Gasteiger partial charge in [0, 0.05) is 36.7 Å². The van der Waals surface area contributed by atoms with E-state index in [4.69, 9.17) is 0 Å². The number of hydrogen-bond donors (Lipinski definition) is 1. The van der Waals surface area contributed by atoms with E-state index >= 15 is 0 Å². The van der Waals surface area contributed by atoms with Crippen molar-refractivity contribution in [2.75, 3.05) is 24.3 Å². The monoisotopic (exact) mass is 238 g/mol. The number of anilines is 2. The minimum Gasteiger partial charge on any atom is -0.388 e. The Hall–Kier alpha value is -2.22. The number of para-hydroxylation sites is 2. The average molecular weight is 238 g/mol. The third-order valence-electron chi connectivity index (χ3n) is 3.06. The Labute approximate surface area is 109 Å². The van der Waals surface area contributed by atoms with Gasteiger partial charge in [-0.15, -0.1) is 0 Å². The quantitative estimate of drug-likeness (QED) is 0.870. The van der Waals surface area contributed by atoms with Crippen molar-refractivity contribution in [3.63, 3.8) is 0 Å². The zero-order valence-corrected chi connectivity index (χ0v) is 10.9. The molecule has 0 bridgehead atoms. The highest BCUT2D eigenvalue weighted by atomic mass is 15.1. The smallest absolute Gasteiger partial charge is 0.0432 e. The molecule has 0 aliphatic carbocycles. The molecule has 18 heavy (non-hydrogen) atoms. The van der Waals surface area contributed by atoms with Crippen LogP contribution in [0.4, 0.5) is 11.4 Å². The van der Waals surface area contributed by atoms with Crippen molar-refractivity contribution in [3.8, 4) is 0 Å². The summed E-state index contributed by atoms with van der Waals surface area (Å²) < 4.78 is 0. The molecule has 0 spiro atoms. The number of nitrogens with one attached hydrogen (secondary N) is 1. The second-order valence-electron chi connectivity index (χ2n) is 4.14. The van der Waals surface area contributed by atoms with Gasteiger partial charge in [-0.3, -0.25) is 0 Å². The molecule has 0 radical (unpaired) electrons. The molecule has 0 aliphatic heterocycles. The summed E-state index contributed by atoms with van der Waals surface area (Å²) in [7, 11) is 3.96. The first-order valence-electron chi connectivity index (χ1n) is 5.99. The number of nitrogens with zero attached hydrogens (tertiary/aromatic N) is 1. The van der Waals surface area contributed by atoms with Crippen molar-refractivity contribution >= 4 is 17.1 Å². The number of benzene rings is 2. The van der Waals surface area contributed by atoms with E-state index in [0.717, 1.165) is 22.6 Å². The predicted octanol–water partition coefficient (Wildman–Crippen LogP) is 3.84. The summed E-state index contributed by atoms with van der Waals surface area (Å²) in [4.78, 5) is 2.09. The number of hydrogen-bond acceptors (Lipinski definition) is 2. The highest BCUT2D eigenvalue weighted by Crippen LogP contribution is 2.27. The van der Waals surface area contributed by atoms with Gasteiger partial charge in [-0.25, -0.2) is 0 Å². The van der Waals surface area contributed by atoms with Crippen LogP contribution in [0, 0.1) is 0 Å². The summed E-state index contributed by atoms with van der Waals surface area (Å²) in [5.41, 5.74) is 4.32. The molecular formula is C16H18N2. The molecule has 0 unspecified atom stereocenters. The molecule has 2 heteroatoms. The molecule has 0 aliphatic rings. The Morgan fingerprint density at radius 2 is 1.61 bits per heavy atom. The zero-order valence-electron chi connectivity index (χ0n) is 10.9. The predicted molar refractivity (Wildman–Crippen MR) is 79.9 cm³/mol. The van der Waals surface area contributed by atoms with Crippen molar-refractivity contribution < 1.29 is 0 Å². The Morgan fingerprint density at radius 1 is 1.00 bits per heavy atom. The van der Waals surface area contributed by atoms with Crippen LogP contribution in [0.2, 0.25) is 0 Å². The molecule has 0 aromatic heterocycles. The topological polar surface area (TPSA) is 15.3 Å². The van der Waals surface area contributed by atoms with Crippen LogP contribution in [0.15, 0.2) is 61.2 Å². The van der Waals surface area contributed by atoms with Crippen molar-refractivity contribution in [1.29, 1.82) is 0 Å². The van der Waals surface area contributed by atoms with Crippen LogP contribution >= 0.6 is 0 Å². The highest BCUT2D eigenvalue weighted by molar-refractivity contribution is 5.83. The van der Waals surface area contributed by atoms with Gasteiger partial charge in [0.25, 0.3) is 0 Å². The van der Waals surface area contributed by atoms with Crippen molar-refractivity contribution in [3.05, 3.63) is 66.7 Å². The van der Waals surface area contributed by atoms with Gasteiger partial charge in [0.1, 0.15) is 0 Å². The first-order valence-corrected chi connectivity index (χ1v) is 5.99. The zero-order chi connectivity index (χ0) is 13.0. The van der Waals surface area contributed by atoms with Crippen molar-refractivity contribution in [2.24, 2.45) is 0 Å². The van der Waals surface area contributed by atoms with Gasteiger partial charge in [0.2, 0.25) is 0 Å². The van der Waals surface area contributed by atoms with E-state index in [1.807, 2.05) is 44.4 Å². The standard InChI is InChI=1S/C16H18N2/c1-13(15-11-7-8-12-16(15)17-2)18(3)14-9-5-4-6-10-14/h4-12,17H,1H2,2-3H3. The Morgan fingerprint density at radius 3 is 2.28 bits per heavy atom. The molecule has 0 saturated carbocycles. The second-order valence-corrected chi connectivity index (χ2v) is 4.14. The van der Waals surface area contributed by atoms with Gasteiger partial charge in [-0.05, 0) is 18.2 Å². The lowest BCUT2D eigenvalue weighted by Crippen LogP contribution is -2.15. The molecule has 2 aromatic carbocycles. The van der Waals surface area contributed by atoms with Gasteiger partial charge in [0.05, 0.1) is 0 Å². The van der Waals surface area contributed by atoms with Gasteiger partial charge < -0.3 is 10.2 Å². The fraction of sp³-hybridized carbons (Fsp3) is 0.125. The van der Waals surface area contributed by atoms with E-state index in [2.05, 4.69) is 41.1 Å². The van der Waals surface area contributed by atoms with Gasteiger partial charge >= 0.3 is 0 Å². The molecule has 0 amide bonds. The lowest BCUT2D eigenvalue weighted by molar-refractivity contribution is 1.22. The van der Waals surface area contributed by atoms with Gasteiger partial charge in [-0.2, -0.15) is 0 Å². The van der Waals surface area contributed by atoms with Crippen LogP contribution in [-0.2, 0) is 0 Å². The molecular weight excluding hydrogens is 220 g/mol. The first kappa shape index (κ1) is 12.2. The van der Waals surface area contributed by atoms with Crippen LogP contribution in [0.25, 0.3) is 5.70 Å². The molecule has 0 saturated heterocycles. The summed E-state index contributed by atoms with van der Waals surface area (Å²) in [6.07, 6.45) is 0. The largest absolute Gasteiger partial charge is 0.388 e. The fourth-order valence-electron chi connectivity index (χ4n) is 1.94. The van der Waals surface area contributed by atoms with Crippen molar-refractivity contribution in [1.82, 2.24) is 0 Å². The van der Waals surface area contributed by atoms with Crippen molar-refractivity contribution in [2.45, 2.75) is 0 Å². The van der Waals surface area contributed by atoms with Crippen LogP contribution in [0.5, 0.6) is 0 Å². The molecule has 2 aromatic rings. The molecule has 0 atom stereocenters. The van der Waals surface area contributed by atoms with E-state index in [1.165, 1.54) is 0 Å². The molecule has 2 rings (SSSR count). The SMILES string of the molecule is C=C(c1ccccc1NC)N(C)c1ccccc1. The summed E-state index contributed by atoms with van der Waals surface area (Å²) in [6.45, 7) is 4.20. The van der Waals surface area contributed by atoms with Gasteiger partial charge in [0.15, 0.2) is 0 Å². The number of rotatable bonds is 4. The van der Waals surface area contributed by atoms with E-state index in [0.29, 0.717) is 0 Å². The summed E-state index contributed by atoms with van der Waals surface area (Å²) in [6, 6.07) is 18.4. The lowest BCUT2D eigenvalue weighted by atomic mass is 10.1. The van der Waals surface area contributed by atoms with Crippen LogP contribution < -0.4 is 10.2 Å². The molecule has 1 N–H and O–H groups in total. The highest BCUT2D eigenvalue weighted by Gasteiger charge is 2.09. The Kier molecular flexibility index (Phi) is 3.68. The summed E-state index contributed by atoms with van der Waals surface area (Å²) >= 11 is 0. The van der Waals surface area contributed by atoms with E-state index in [9.17, 15) is 0 Å². The molecule has 92 valence electrons. The average Bonchev–Trinajstić information content (AvgIpc) is 2.46. The third kappa shape index (κ3) is 2.38. The lowest BCUT2D eigenvalue weighted by Gasteiger charge is -2.23. The minimum absolute atomic E-state index is 0.978. The summed E-state index contributed by atoms with van der Waals surface area (Å²) in [5.74, 6) is 0. The van der Waals surface area contributed by atoms with E-state index < -0.39 is 0 Å². The maximum atomic E-state index is 4.20. The second kappa shape index (κ2) is 5.41. The van der Waals surface area contributed by atoms with Crippen LogP contribution in [0.1, 0.15) is 5.56 Å². The first-order chi connectivity index (χ1) is 8.74.